The van der Waals surface area contributed by atoms with Crippen LogP contribution in [0.15, 0.2) is 18.2 Å². The summed E-state index contributed by atoms with van der Waals surface area (Å²) < 4.78 is 30.0. The van der Waals surface area contributed by atoms with E-state index < -0.39 is 10.0 Å². The summed E-state index contributed by atoms with van der Waals surface area (Å²) in [6.07, 6.45) is 0. The molecule has 0 bridgehead atoms. The monoisotopic (exact) mass is 320 g/mol. The highest BCUT2D eigenvalue weighted by Gasteiger charge is 2.17. The fourth-order valence-corrected chi connectivity index (χ4v) is 2.24. The van der Waals surface area contributed by atoms with Gasteiger partial charge in [0.25, 0.3) is 5.91 Å². The average molecular weight is 321 g/mol. The first-order valence-corrected chi connectivity index (χ1v) is 7.41. The Kier molecular flexibility index (Phi) is 3.25. The lowest BCUT2D eigenvalue weighted by Crippen LogP contribution is -2.25. The molecule has 0 radical (unpaired) electrons. The molecule has 1 amide bonds. The van der Waals surface area contributed by atoms with Gasteiger partial charge < -0.3 is 10.1 Å². The molecule has 0 spiro atoms. The molecule has 1 aliphatic heterocycles. The van der Waals surface area contributed by atoms with E-state index in [1.54, 1.807) is 12.1 Å². The fraction of sp³-hybridized carbons (Fsp3) is 0.222. The maximum absolute atomic E-state index is 11.3. The van der Waals surface area contributed by atoms with Crippen LogP contribution in [0.2, 0.25) is 0 Å². The van der Waals surface area contributed by atoms with Crippen LogP contribution in [0, 0.1) is 0 Å². The number of rotatable bonds is 3. The molecule has 1 aromatic carbocycles. The third kappa shape index (κ3) is 2.89. The van der Waals surface area contributed by atoms with Crippen LogP contribution in [0.4, 0.5) is 11.4 Å². The number of hydrogen-bond acceptors (Lipinski definition) is 4. The number of anilines is 2. The molecule has 92 valence electrons. The van der Waals surface area contributed by atoms with Crippen molar-refractivity contribution in [3.05, 3.63) is 18.2 Å². The number of carbonyl (C=O) groups is 1. The van der Waals surface area contributed by atoms with Gasteiger partial charge in [-0.05, 0) is 18.2 Å². The first-order valence-electron chi connectivity index (χ1n) is 4.63. The standard InChI is InChI=1S/C9H9BrN2O4S/c10-5-17(14,15)12-6-1-2-8-7(3-6)11-9(13)4-16-8/h1-3,12H,4-5H2,(H,11,13). The molecule has 8 heteroatoms. The van der Waals surface area contributed by atoms with E-state index in [9.17, 15) is 13.2 Å². The number of carbonyl (C=O) groups excluding carboxylic acids is 1. The van der Waals surface area contributed by atoms with Crippen molar-refractivity contribution in [1.82, 2.24) is 0 Å². The molecule has 2 rings (SSSR count). The van der Waals surface area contributed by atoms with Crippen molar-refractivity contribution in [3.8, 4) is 5.75 Å². The maximum Gasteiger partial charge on any atom is 0.262 e. The molecule has 0 fully saturated rings. The predicted molar refractivity (Wildman–Crippen MR) is 66.9 cm³/mol. The number of fused-ring (bicyclic) bond motifs is 1. The van der Waals surface area contributed by atoms with Crippen molar-refractivity contribution in [2.24, 2.45) is 0 Å². The lowest BCUT2D eigenvalue weighted by molar-refractivity contribution is -0.118. The molecule has 6 nitrogen and oxygen atoms in total. The second kappa shape index (κ2) is 4.53. The van der Waals surface area contributed by atoms with Crippen LogP contribution in [0.1, 0.15) is 0 Å². The van der Waals surface area contributed by atoms with E-state index in [2.05, 4.69) is 26.0 Å². The van der Waals surface area contributed by atoms with Crippen molar-refractivity contribution < 1.29 is 17.9 Å². The first kappa shape index (κ1) is 12.2. The molecule has 1 aliphatic rings. The van der Waals surface area contributed by atoms with E-state index in [4.69, 9.17) is 4.74 Å². The molecule has 2 N–H and O–H groups in total. The van der Waals surface area contributed by atoms with E-state index in [1.165, 1.54) is 6.07 Å². The number of halogens is 1. The van der Waals surface area contributed by atoms with Gasteiger partial charge in [0, 0.05) is 0 Å². The Bertz CT molecular complexity index is 558. The molecular formula is C9H9BrN2O4S. The molecule has 0 saturated heterocycles. The molecule has 0 unspecified atom stereocenters. The Hall–Kier alpha value is -1.28. The van der Waals surface area contributed by atoms with Crippen LogP contribution >= 0.6 is 15.9 Å². The summed E-state index contributed by atoms with van der Waals surface area (Å²) in [4.78, 5) is 11.1. The average Bonchev–Trinajstić information content (AvgIpc) is 2.28. The molecule has 0 aliphatic carbocycles. The summed E-state index contributed by atoms with van der Waals surface area (Å²) in [6.45, 7) is -0.0283. The van der Waals surface area contributed by atoms with Gasteiger partial charge in [-0.1, -0.05) is 15.9 Å². The summed E-state index contributed by atoms with van der Waals surface area (Å²) in [5.74, 6) is 0.254. The van der Waals surface area contributed by atoms with E-state index in [-0.39, 0.29) is 17.2 Å². The number of alkyl halides is 1. The molecule has 17 heavy (non-hydrogen) atoms. The van der Waals surface area contributed by atoms with Gasteiger partial charge in [0.05, 0.1) is 11.4 Å². The topological polar surface area (TPSA) is 84.5 Å². The normalized spacial score (nSPS) is 14.5. The molecule has 0 atom stereocenters. The minimum absolute atomic E-state index is 0.0283. The number of amides is 1. The van der Waals surface area contributed by atoms with E-state index in [1.807, 2.05) is 0 Å². The van der Waals surface area contributed by atoms with Gasteiger partial charge in [0.2, 0.25) is 10.0 Å². The van der Waals surface area contributed by atoms with Crippen molar-refractivity contribution in [2.45, 2.75) is 0 Å². The van der Waals surface area contributed by atoms with Gasteiger partial charge in [-0.15, -0.1) is 0 Å². The van der Waals surface area contributed by atoms with E-state index in [0.717, 1.165) is 0 Å². The zero-order valence-corrected chi connectivity index (χ0v) is 11.0. The molecule has 0 aromatic heterocycles. The summed E-state index contributed by atoms with van der Waals surface area (Å²) in [7, 11) is -3.40. The number of nitrogens with one attached hydrogen (secondary N) is 2. The lowest BCUT2D eigenvalue weighted by Gasteiger charge is -2.18. The van der Waals surface area contributed by atoms with Gasteiger partial charge in [-0.2, -0.15) is 0 Å². The Morgan fingerprint density at radius 3 is 2.94 bits per heavy atom. The summed E-state index contributed by atoms with van der Waals surface area (Å²) >= 11 is 2.87. The van der Waals surface area contributed by atoms with Crippen LogP contribution in [-0.4, -0.2) is 25.6 Å². The second-order valence-electron chi connectivity index (χ2n) is 3.37. The molecule has 1 heterocycles. The highest BCUT2D eigenvalue weighted by molar-refractivity contribution is 9.10. The second-order valence-corrected chi connectivity index (χ2v) is 6.40. The zero-order chi connectivity index (χ0) is 12.5. The zero-order valence-electron chi connectivity index (χ0n) is 8.57. The fourth-order valence-electron chi connectivity index (χ4n) is 1.35. The number of hydrogen-bond donors (Lipinski definition) is 2. The Labute approximate surface area is 107 Å². The van der Waals surface area contributed by atoms with Crippen molar-refractivity contribution >= 4 is 43.2 Å². The minimum atomic E-state index is -3.40. The summed E-state index contributed by atoms with van der Waals surface area (Å²) in [5.41, 5.74) is 0.824. The quantitative estimate of drug-likeness (QED) is 0.817. The SMILES string of the molecule is O=C1COc2ccc(NS(=O)(=O)CBr)cc2N1. The van der Waals surface area contributed by atoms with Crippen LogP contribution in [0.3, 0.4) is 0 Å². The predicted octanol–water partition coefficient (Wildman–Crippen LogP) is 1.11. The summed E-state index contributed by atoms with van der Waals surface area (Å²) in [6, 6.07) is 4.67. The van der Waals surface area contributed by atoms with Crippen LogP contribution in [0.25, 0.3) is 0 Å². The van der Waals surface area contributed by atoms with E-state index in [0.29, 0.717) is 17.1 Å². The Morgan fingerprint density at radius 2 is 2.24 bits per heavy atom. The Morgan fingerprint density at radius 1 is 1.47 bits per heavy atom. The molecule has 1 aromatic rings. The third-order valence-corrected chi connectivity index (χ3v) is 4.67. The Balaban J connectivity index is 2.27. The van der Waals surface area contributed by atoms with Crippen LogP contribution in [-0.2, 0) is 14.8 Å². The van der Waals surface area contributed by atoms with Gasteiger partial charge in [-0.3, -0.25) is 9.52 Å². The highest BCUT2D eigenvalue weighted by atomic mass is 79.9. The van der Waals surface area contributed by atoms with Crippen molar-refractivity contribution in [1.29, 1.82) is 0 Å². The van der Waals surface area contributed by atoms with Crippen molar-refractivity contribution in [2.75, 3.05) is 21.3 Å². The smallest absolute Gasteiger partial charge is 0.262 e. The van der Waals surface area contributed by atoms with Crippen molar-refractivity contribution in [3.63, 3.8) is 0 Å². The van der Waals surface area contributed by atoms with Crippen LogP contribution in [0.5, 0.6) is 5.75 Å². The summed E-state index contributed by atoms with van der Waals surface area (Å²) in [5, 5.41) is 2.59. The minimum Gasteiger partial charge on any atom is -0.482 e. The number of ether oxygens (including phenoxy) is 1. The van der Waals surface area contributed by atoms with Gasteiger partial charge in [0.15, 0.2) is 6.61 Å². The number of sulfonamides is 1. The van der Waals surface area contributed by atoms with Gasteiger partial charge in [-0.25, -0.2) is 8.42 Å². The largest absolute Gasteiger partial charge is 0.482 e. The first-order chi connectivity index (χ1) is 8.00. The maximum atomic E-state index is 11.3. The van der Waals surface area contributed by atoms with Gasteiger partial charge >= 0.3 is 0 Å². The molecular weight excluding hydrogens is 312 g/mol. The van der Waals surface area contributed by atoms with Gasteiger partial charge in [0.1, 0.15) is 10.4 Å². The number of benzene rings is 1. The van der Waals surface area contributed by atoms with Crippen LogP contribution < -0.4 is 14.8 Å². The highest BCUT2D eigenvalue weighted by Crippen LogP contribution is 2.30. The third-order valence-electron chi connectivity index (χ3n) is 2.03. The lowest BCUT2D eigenvalue weighted by atomic mass is 10.2. The molecule has 0 saturated carbocycles. The van der Waals surface area contributed by atoms with E-state index >= 15 is 0 Å².